The van der Waals surface area contributed by atoms with Gasteiger partial charge in [-0.1, -0.05) is 39.0 Å². The summed E-state index contributed by atoms with van der Waals surface area (Å²) in [4.78, 5) is 0. The fraction of sp³-hybridized carbons (Fsp3) is 0.571. The average molecular weight is 219 g/mol. The van der Waals surface area contributed by atoms with Gasteiger partial charge < -0.3 is 10.4 Å². The lowest BCUT2D eigenvalue weighted by Crippen LogP contribution is -2.19. The third-order valence-corrected chi connectivity index (χ3v) is 3.28. The molecule has 2 nitrogen and oxygen atoms in total. The highest BCUT2D eigenvalue weighted by atomic mass is 16.3. The molecule has 0 bridgehead atoms. The van der Waals surface area contributed by atoms with E-state index in [1.54, 1.807) is 0 Å². The molecule has 2 N–H and O–H groups in total. The number of aliphatic hydroxyl groups excluding tert-OH is 1. The Kier molecular flexibility index (Phi) is 3.04. The molecule has 0 amide bonds. The van der Waals surface area contributed by atoms with Gasteiger partial charge in [-0.2, -0.15) is 0 Å². The minimum absolute atomic E-state index is 0.180. The second-order valence-corrected chi connectivity index (χ2v) is 5.63. The van der Waals surface area contributed by atoms with Crippen molar-refractivity contribution >= 4 is 0 Å². The molecule has 1 aliphatic rings. The van der Waals surface area contributed by atoms with Gasteiger partial charge in [0.15, 0.2) is 0 Å². The van der Waals surface area contributed by atoms with Gasteiger partial charge in [0.25, 0.3) is 0 Å². The molecular formula is C14H21NO. The summed E-state index contributed by atoms with van der Waals surface area (Å²) in [5.41, 5.74) is 3.92. The fourth-order valence-corrected chi connectivity index (χ4v) is 2.19. The number of rotatable bonds is 0. The molecule has 2 rings (SSSR count). The van der Waals surface area contributed by atoms with Gasteiger partial charge in [-0.3, -0.25) is 0 Å². The van der Waals surface area contributed by atoms with Gasteiger partial charge in [0.05, 0.1) is 6.10 Å². The van der Waals surface area contributed by atoms with E-state index < -0.39 is 0 Å². The number of β-amino-alcohol motifs (C(OH)–C–C–N with tert-alkyl or cyclic N) is 1. The van der Waals surface area contributed by atoms with Gasteiger partial charge in [-0.15, -0.1) is 0 Å². The summed E-state index contributed by atoms with van der Waals surface area (Å²) >= 11 is 0. The second kappa shape index (κ2) is 4.19. The van der Waals surface area contributed by atoms with E-state index in [1.165, 1.54) is 11.1 Å². The molecule has 1 aromatic rings. The summed E-state index contributed by atoms with van der Waals surface area (Å²) in [6.07, 6.45) is 0.655. The summed E-state index contributed by atoms with van der Waals surface area (Å²) in [6.45, 7) is 8.29. The molecule has 88 valence electrons. The highest BCUT2D eigenvalue weighted by Crippen LogP contribution is 2.28. The van der Waals surface area contributed by atoms with Crippen molar-refractivity contribution in [1.82, 2.24) is 5.32 Å². The van der Waals surface area contributed by atoms with Crippen LogP contribution in [0, 0.1) is 0 Å². The van der Waals surface area contributed by atoms with Crippen molar-refractivity contribution in [3.63, 3.8) is 0 Å². The molecular weight excluding hydrogens is 198 g/mol. The molecule has 0 saturated carbocycles. The topological polar surface area (TPSA) is 32.3 Å². The van der Waals surface area contributed by atoms with E-state index in [9.17, 15) is 5.11 Å². The normalized spacial score (nSPS) is 21.4. The first-order valence-corrected chi connectivity index (χ1v) is 6.00. The molecule has 2 heteroatoms. The van der Waals surface area contributed by atoms with Crippen LogP contribution in [-0.2, 0) is 11.8 Å². The van der Waals surface area contributed by atoms with Crippen LogP contribution >= 0.6 is 0 Å². The SMILES string of the molecule is CC(C)(C)c1ccc2c(c1)CCNCC2O. The van der Waals surface area contributed by atoms with Crippen LogP contribution in [0.1, 0.15) is 43.6 Å². The highest BCUT2D eigenvalue weighted by molar-refractivity contribution is 5.37. The van der Waals surface area contributed by atoms with Crippen LogP contribution in [0.4, 0.5) is 0 Å². The smallest absolute Gasteiger partial charge is 0.0917 e. The minimum atomic E-state index is -0.355. The van der Waals surface area contributed by atoms with Crippen LogP contribution in [0.25, 0.3) is 0 Å². The summed E-state index contributed by atoms with van der Waals surface area (Å²) in [5, 5.41) is 13.2. The summed E-state index contributed by atoms with van der Waals surface area (Å²) in [6, 6.07) is 6.49. The van der Waals surface area contributed by atoms with E-state index in [0.29, 0.717) is 6.54 Å². The number of fused-ring (bicyclic) bond motifs is 1. The molecule has 1 atom stereocenters. The zero-order valence-electron chi connectivity index (χ0n) is 10.4. The Labute approximate surface area is 97.7 Å². The van der Waals surface area contributed by atoms with Gasteiger partial charge in [-0.05, 0) is 35.1 Å². The van der Waals surface area contributed by atoms with Crippen LogP contribution < -0.4 is 5.32 Å². The van der Waals surface area contributed by atoms with Gasteiger partial charge >= 0.3 is 0 Å². The summed E-state index contributed by atoms with van der Waals surface area (Å²) in [5.74, 6) is 0. The number of aliphatic hydroxyl groups is 1. The minimum Gasteiger partial charge on any atom is -0.387 e. The highest BCUT2D eigenvalue weighted by Gasteiger charge is 2.19. The Morgan fingerprint density at radius 3 is 2.75 bits per heavy atom. The van der Waals surface area contributed by atoms with Crippen molar-refractivity contribution in [1.29, 1.82) is 0 Å². The molecule has 0 aliphatic carbocycles. The predicted octanol–water partition coefficient (Wildman–Crippen LogP) is 2.16. The maximum absolute atomic E-state index is 9.97. The van der Waals surface area contributed by atoms with Crippen LogP contribution in [0.5, 0.6) is 0 Å². The third kappa shape index (κ3) is 2.28. The standard InChI is InChI=1S/C14H21NO/c1-14(2,3)11-4-5-12-10(8-11)6-7-15-9-13(12)16/h4-5,8,13,15-16H,6-7,9H2,1-3H3. The zero-order chi connectivity index (χ0) is 11.8. The predicted molar refractivity (Wildman–Crippen MR) is 66.7 cm³/mol. The Hall–Kier alpha value is -0.860. The van der Waals surface area contributed by atoms with Crippen molar-refractivity contribution < 1.29 is 5.11 Å². The molecule has 1 aliphatic heterocycles. The van der Waals surface area contributed by atoms with Crippen molar-refractivity contribution in [2.24, 2.45) is 0 Å². The van der Waals surface area contributed by atoms with Crippen molar-refractivity contribution in [2.45, 2.75) is 38.7 Å². The maximum atomic E-state index is 9.97. The average Bonchev–Trinajstić information content (AvgIpc) is 2.39. The summed E-state index contributed by atoms with van der Waals surface area (Å²) in [7, 11) is 0. The molecule has 1 unspecified atom stereocenters. The zero-order valence-corrected chi connectivity index (χ0v) is 10.4. The lowest BCUT2D eigenvalue weighted by atomic mass is 9.84. The van der Waals surface area contributed by atoms with Crippen LogP contribution in [0.2, 0.25) is 0 Å². The lowest BCUT2D eigenvalue weighted by Gasteiger charge is -2.21. The first-order valence-electron chi connectivity index (χ1n) is 6.00. The van der Waals surface area contributed by atoms with E-state index in [-0.39, 0.29) is 11.5 Å². The fourth-order valence-electron chi connectivity index (χ4n) is 2.19. The molecule has 0 saturated heterocycles. The van der Waals surface area contributed by atoms with Crippen molar-refractivity contribution in [3.05, 3.63) is 34.9 Å². The molecule has 0 fully saturated rings. The Morgan fingerprint density at radius 2 is 2.06 bits per heavy atom. The molecule has 16 heavy (non-hydrogen) atoms. The van der Waals surface area contributed by atoms with Gasteiger partial charge in [-0.25, -0.2) is 0 Å². The Bertz CT molecular complexity index is 379. The van der Waals surface area contributed by atoms with E-state index in [1.807, 2.05) is 0 Å². The first kappa shape index (κ1) is 11.6. The second-order valence-electron chi connectivity index (χ2n) is 5.63. The van der Waals surface area contributed by atoms with Gasteiger partial charge in [0.1, 0.15) is 0 Å². The number of nitrogens with one attached hydrogen (secondary N) is 1. The monoisotopic (exact) mass is 219 g/mol. The first-order chi connectivity index (χ1) is 7.48. The number of hydrogen-bond acceptors (Lipinski definition) is 2. The van der Waals surface area contributed by atoms with E-state index in [2.05, 4.69) is 44.3 Å². The number of hydrogen-bond donors (Lipinski definition) is 2. The van der Waals surface area contributed by atoms with E-state index >= 15 is 0 Å². The largest absolute Gasteiger partial charge is 0.387 e. The molecule has 0 aromatic heterocycles. The molecule has 0 radical (unpaired) electrons. The van der Waals surface area contributed by atoms with Crippen LogP contribution in [-0.4, -0.2) is 18.2 Å². The van der Waals surface area contributed by atoms with Crippen molar-refractivity contribution in [3.8, 4) is 0 Å². The van der Waals surface area contributed by atoms with E-state index in [4.69, 9.17) is 0 Å². The Balaban J connectivity index is 2.41. The third-order valence-electron chi connectivity index (χ3n) is 3.28. The maximum Gasteiger partial charge on any atom is 0.0917 e. The molecule has 1 aromatic carbocycles. The van der Waals surface area contributed by atoms with Gasteiger partial charge in [0, 0.05) is 6.54 Å². The van der Waals surface area contributed by atoms with E-state index in [0.717, 1.165) is 18.5 Å². The lowest BCUT2D eigenvalue weighted by molar-refractivity contribution is 0.178. The van der Waals surface area contributed by atoms with Crippen molar-refractivity contribution in [2.75, 3.05) is 13.1 Å². The van der Waals surface area contributed by atoms with Gasteiger partial charge in [0.2, 0.25) is 0 Å². The molecule has 1 heterocycles. The Morgan fingerprint density at radius 1 is 1.31 bits per heavy atom. The molecule has 0 spiro atoms. The van der Waals surface area contributed by atoms with Crippen LogP contribution in [0.15, 0.2) is 18.2 Å². The number of benzene rings is 1. The quantitative estimate of drug-likeness (QED) is 0.701. The van der Waals surface area contributed by atoms with Crippen LogP contribution in [0.3, 0.4) is 0 Å². The summed E-state index contributed by atoms with van der Waals surface area (Å²) < 4.78 is 0.